The largest absolute Gasteiger partial charge is 0.352 e. The summed E-state index contributed by atoms with van der Waals surface area (Å²) in [5, 5.41) is 6.30. The van der Waals surface area contributed by atoms with Crippen molar-refractivity contribution >= 4 is 29.0 Å². The molecule has 2 aromatic rings. The van der Waals surface area contributed by atoms with Gasteiger partial charge < -0.3 is 10.2 Å². The number of aryl methyl sites for hydroxylation is 1. The SMILES string of the molecule is Cc1nc(CSc2ccc(C(=O)NCC(C)CN3CCCCC3)cc2)cs1. The number of aromatic nitrogens is 1. The Hall–Kier alpha value is -1.37. The Morgan fingerprint density at radius 2 is 2.00 bits per heavy atom. The molecule has 4 nitrogen and oxygen atoms in total. The number of thioether (sulfide) groups is 1. The zero-order valence-electron chi connectivity index (χ0n) is 16.2. The van der Waals surface area contributed by atoms with E-state index in [1.165, 1.54) is 32.4 Å². The summed E-state index contributed by atoms with van der Waals surface area (Å²) < 4.78 is 0. The van der Waals surface area contributed by atoms with Crippen LogP contribution in [0.5, 0.6) is 0 Å². The molecule has 1 aromatic heterocycles. The lowest BCUT2D eigenvalue weighted by atomic mass is 10.1. The number of thiazole rings is 1. The third kappa shape index (κ3) is 6.63. The summed E-state index contributed by atoms with van der Waals surface area (Å²) in [7, 11) is 0. The monoisotopic (exact) mass is 403 g/mol. The minimum atomic E-state index is 0.0205. The summed E-state index contributed by atoms with van der Waals surface area (Å²) in [5.41, 5.74) is 1.85. The van der Waals surface area contributed by atoms with Crippen LogP contribution in [0.4, 0.5) is 0 Å². The molecule has 1 atom stereocenters. The number of rotatable bonds is 8. The zero-order valence-corrected chi connectivity index (χ0v) is 17.9. The standard InChI is InChI=1S/C21H29N3OS2/c1-16(13-24-10-4-3-5-11-24)12-22-21(25)18-6-8-20(9-7-18)27-15-19-14-26-17(2)23-19/h6-9,14,16H,3-5,10-13,15H2,1-2H3,(H,22,25). The fraction of sp³-hybridized carbons (Fsp3) is 0.524. The van der Waals surface area contributed by atoms with Crippen molar-refractivity contribution in [2.75, 3.05) is 26.2 Å². The number of likely N-dealkylation sites (tertiary alicyclic amines) is 1. The van der Waals surface area contributed by atoms with E-state index in [9.17, 15) is 4.79 Å². The van der Waals surface area contributed by atoms with Gasteiger partial charge in [0.25, 0.3) is 5.91 Å². The van der Waals surface area contributed by atoms with Crippen molar-refractivity contribution in [3.63, 3.8) is 0 Å². The minimum absolute atomic E-state index is 0.0205. The summed E-state index contributed by atoms with van der Waals surface area (Å²) >= 11 is 3.44. The molecule has 1 aromatic carbocycles. The van der Waals surface area contributed by atoms with E-state index in [2.05, 4.69) is 27.5 Å². The molecule has 2 heterocycles. The van der Waals surface area contributed by atoms with E-state index in [-0.39, 0.29) is 5.91 Å². The average molecular weight is 404 g/mol. The molecular formula is C21H29N3OS2. The van der Waals surface area contributed by atoms with Crippen LogP contribution in [0.25, 0.3) is 0 Å². The number of nitrogens with zero attached hydrogens (tertiary/aromatic N) is 2. The Morgan fingerprint density at radius 3 is 2.67 bits per heavy atom. The number of piperidine rings is 1. The number of carbonyl (C=O) groups is 1. The van der Waals surface area contributed by atoms with Crippen LogP contribution in [0.2, 0.25) is 0 Å². The molecule has 0 aliphatic carbocycles. The summed E-state index contributed by atoms with van der Waals surface area (Å²) in [6.07, 6.45) is 3.98. The van der Waals surface area contributed by atoms with Gasteiger partial charge in [0, 0.05) is 34.7 Å². The molecule has 0 saturated carbocycles. The van der Waals surface area contributed by atoms with Gasteiger partial charge in [-0.3, -0.25) is 4.79 Å². The van der Waals surface area contributed by atoms with Crippen LogP contribution in [0.15, 0.2) is 34.5 Å². The summed E-state index contributed by atoms with van der Waals surface area (Å²) in [6.45, 7) is 8.46. The van der Waals surface area contributed by atoms with E-state index in [4.69, 9.17) is 0 Å². The Bertz CT molecular complexity index is 723. The van der Waals surface area contributed by atoms with Crippen LogP contribution in [-0.2, 0) is 5.75 Å². The lowest BCUT2D eigenvalue weighted by Gasteiger charge is -2.29. The van der Waals surface area contributed by atoms with Crippen LogP contribution >= 0.6 is 23.1 Å². The number of hydrogen-bond donors (Lipinski definition) is 1. The molecule has 146 valence electrons. The van der Waals surface area contributed by atoms with Crippen molar-refractivity contribution < 1.29 is 4.79 Å². The van der Waals surface area contributed by atoms with Crippen LogP contribution < -0.4 is 5.32 Å². The smallest absolute Gasteiger partial charge is 0.251 e. The molecule has 1 N–H and O–H groups in total. The van der Waals surface area contributed by atoms with Crippen molar-refractivity contribution in [1.82, 2.24) is 15.2 Å². The zero-order chi connectivity index (χ0) is 19.1. The third-order valence-corrected chi connectivity index (χ3v) is 6.67. The molecule has 1 fully saturated rings. The van der Waals surface area contributed by atoms with Gasteiger partial charge >= 0.3 is 0 Å². The van der Waals surface area contributed by atoms with Gasteiger partial charge in [0.1, 0.15) is 0 Å². The van der Waals surface area contributed by atoms with E-state index in [1.807, 2.05) is 31.2 Å². The molecule has 1 unspecified atom stereocenters. The highest BCUT2D eigenvalue weighted by atomic mass is 32.2. The minimum Gasteiger partial charge on any atom is -0.352 e. The summed E-state index contributed by atoms with van der Waals surface area (Å²) in [6, 6.07) is 7.88. The maximum absolute atomic E-state index is 12.4. The van der Waals surface area contributed by atoms with Crippen molar-refractivity contribution in [2.24, 2.45) is 5.92 Å². The van der Waals surface area contributed by atoms with Gasteiger partial charge in [-0.15, -0.1) is 23.1 Å². The van der Waals surface area contributed by atoms with E-state index in [1.54, 1.807) is 23.1 Å². The lowest BCUT2D eigenvalue weighted by Crippen LogP contribution is -2.38. The Kier molecular flexibility index (Phi) is 7.73. The van der Waals surface area contributed by atoms with Crippen molar-refractivity contribution in [3.05, 3.63) is 45.9 Å². The van der Waals surface area contributed by atoms with Crippen LogP contribution in [0.3, 0.4) is 0 Å². The maximum atomic E-state index is 12.4. The predicted octanol–water partition coefficient (Wildman–Crippen LogP) is 4.60. The number of amides is 1. The number of benzene rings is 1. The van der Waals surface area contributed by atoms with E-state index >= 15 is 0 Å². The van der Waals surface area contributed by atoms with Crippen LogP contribution in [0.1, 0.15) is 47.2 Å². The molecule has 0 bridgehead atoms. The Labute approximate surface area is 170 Å². The van der Waals surface area contributed by atoms with E-state index in [0.29, 0.717) is 5.92 Å². The van der Waals surface area contributed by atoms with Gasteiger partial charge in [-0.05, 0) is 63.0 Å². The molecule has 1 amide bonds. The molecule has 6 heteroatoms. The van der Waals surface area contributed by atoms with Crippen molar-refractivity contribution in [2.45, 2.75) is 43.8 Å². The number of nitrogens with one attached hydrogen (secondary N) is 1. The molecule has 27 heavy (non-hydrogen) atoms. The first-order valence-electron chi connectivity index (χ1n) is 9.74. The molecule has 3 rings (SSSR count). The second-order valence-electron chi connectivity index (χ2n) is 7.35. The van der Waals surface area contributed by atoms with Gasteiger partial charge in [-0.2, -0.15) is 0 Å². The van der Waals surface area contributed by atoms with Gasteiger partial charge in [0.15, 0.2) is 0 Å². The number of hydrogen-bond acceptors (Lipinski definition) is 5. The van der Waals surface area contributed by atoms with Gasteiger partial charge in [-0.25, -0.2) is 4.98 Å². The average Bonchev–Trinajstić information content (AvgIpc) is 3.11. The summed E-state index contributed by atoms with van der Waals surface area (Å²) in [5.74, 6) is 1.36. The first-order valence-corrected chi connectivity index (χ1v) is 11.6. The second kappa shape index (κ2) is 10.2. The van der Waals surface area contributed by atoms with Gasteiger partial charge in [0.05, 0.1) is 10.7 Å². The van der Waals surface area contributed by atoms with Crippen LogP contribution in [-0.4, -0.2) is 42.0 Å². The number of carbonyl (C=O) groups excluding carboxylic acids is 1. The maximum Gasteiger partial charge on any atom is 0.251 e. The Morgan fingerprint density at radius 1 is 1.26 bits per heavy atom. The first kappa shape index (κ1) is 20.4. The molecular weight excluding hydrogens is 374 g/mol. The van der Waals surface area contributed by atoms with Gasteiger partial charge in [0.2, 0.25) is 0 Å². The molecule has 0 spiro atoms. The molecule has 1 aliphatic rings. The van der Waals surface area contributed by atoms with Crippen molar-refractivity contribution in [1.29, 1.82) is 0 Å². The fourth-order valence-corrected chi connectivity index (χ4v) is 4.86. The van der Waals surface area contributed by atoms with Gasteiger partial charge in [-0.1, -0.05) is 13.3 Å². The highest BCUT2D eigenvalue weighted by Crippen LogP contribution is 2.23. The third-order valence-electron chi connectivity index (χ3n) is 4.80. The fourth-order valence-electron chi connectivity index (χ4n) is 3.35. The molecule has 1 saturated heterocycles. The topological polar surface area (TPSA) is 45.2 Å². The van der Waals surface area contributed by atoms with E-state index < -0.39 is 0 Å². The van der Waals surface area contributed by atoms with Crippen molar-refractivity contribution in [3.8, 4) is 0 Å². The second-order valence-corrected chi connectivity index (χ2v) is 9.46. The predicted molar refractivity (Wildman–Crippen MR) is 115 cm³/mol. The first-order chi connectivity index (χ1) is 13.1. The highest BCUT2D eigenvalue weighted by Gasteiger charge is 2.14. The molecule has 1 aliphatic heterocycles. The molecule has 0 radical (unpaired) electrons. The summed E-state index contributed by atoms with van der Waals surface area (Å²) in [4.78, 5) is 20.6. The van der Waals surface area contributed by atoms with E-state index in [0.717, 1.165) is 40.0 Å². The lowest BCUT2D eigenvalue weighted by molar-refractivity contribution is 0.0942. The van der Waals surface area contributed by atoms with Crippen LogP contribution in [0, 0.1) is 12.8 Å². The Balaban J connectivity index is 1.41. The highest BCUT2D eigenvalue weighted by molar-refractivity contribution is 7.98. The normalized spacial score (nSPS) is 16.2. The quantitative estimate of drug-likeness (QED) is 0.655.